The largest absolute Gasteiger partial charge is 0.378 e. The van der Waals surface area contributed by atoms with Gasteiger partial charge in [-0.15, -0.1) is 0 Å². The van der Waals surface area contributed by atoms with Gasteiger partial charge in [-0.2, -0.15) is 0 Å². The second kappa shape index (κ2) is 8.66. The number of amides is 2. The summed E-state index contributed by atoms with van der Waals surface area (Å²) in [6, 6.07) is 15.8. The summed E-state index contributed by atoms with van der Waals surface area (Å²) < 4.78 is 5.42. The third kappa shape index (κ3) is 4.59. The Balaban J connectivity index is 1.32. The summed E-state index contributed by atoms with van der Waals surface area (Å²) in [5, 5.41) is 6.01. The molecule has 6 nitrogen and oxygen atoms in total. The van der Waals surface area contributed by atoms with Crippen LogP contribution in [-0.2, 0) is 20.9 Å². The van der Waals surface area contributed by atoms with E-state index in [1.54, 1.807) is 0 Å². The van der Waals surface area contributed by atoms with Gasteiger partial charge < -0.3 is 20.3 Å². The number of carbonyl (C=O) groups is 2. The smallest absolute Gasteiger partial charge is 0.228 e. The molecule has 2 atom stereocenters. The van der Waals surface area contributed by atoms with Crippen molar-refractivity contribution < 1.29 is 14.3 Å². The molecule has 2 aromatic carbocycles. The van der Waals surface area contributed by atoms with Gasteiger partial charge in [0.05, 0.1) is 36.4 Å². The average molecular weight is 393 g/mol. The highest BCUT2D eigenvalue weighted by atomic mass is 16.5. The second-order valence-electron chi connectivity index (χ2n) is 7.70. The van der Waals surface area contributed by atoms with Crippen LogP contribution in [0.5, 0.6) is 0 Å². The first-order valence-corrected chi connectivity index (χ1v) is 10.2. The predicted molar refractivity (Wildman–Crippen MR) is 113 cm³/mol. The summed E-state index contributed by atoms with van der Waals surface area (Å²) in [6.07, 6.45) is 0.602. The molecule has 1 saturated heterocycles. The molecule has 2 N–H and O–H groups in total. The summed E-state index contributed by atoms with van der Waals surface area (Å²) in [5.41, 5.74) is 4.05. The maximum Gasteiger partial charge on any atom is 0.228 e. The fourth-order valence-corrected chi connectivity index (χ4v) is 3.78. The Hall–Kier alpha value is -2.86. The first-order chi connectivity index (χ1) is 14.1. The van der Waals surface area contributed by atoms with Gasteiger partial charge in [0.1, 0.15) is 0 Å². The fourth-order valence-electron chi connectivity index (χ4n) is 3.78. The number of para-hydroxylation sites is 2. The molecule has 2 fully saturated rings. The Labute approximate surface area is 171 Å². The molecule has 0 radical (unpaired) electrons. The number of anilines is 2. The average Bonchev–Trinajstić information content (AvgIpc) is 3.55. The monoisotopic (exact) mass is 393 g/mol. The Morgan fingerprint density at radius 3 is 2.48 bits per heavy atom. The van der Waals surface area contributed by atoms with Crippen molar-refractivity contribution in [2.75, 3.05) is 36.5 Å². The van der Waals surface area contributed by atoms with Gasteiger partial charge in [0.15, 0.2) is 0 Å². The van der Waals surface area contributed by atoms with E-state index in [1.807, 2.05) is 55.5 Å². The van der Waals surface area contributed by atoms with Crippen LogP contribution in [0.15, 0.2) is 48.5 Å². The molecule has 2 unspecified atom stereocenters. The van der Waals surface area contributed by atoms with E-state index in [2.05, 4.69) is 15.5 Å². The van der Waals surface area contributed by atoms with Crippen molar-refractivity contribution in [1.82, 2.24) is 5.32 Å². The maximum atomic E-state index is 12.7. The Morgan fingerprint density at radius 1 is 1.00 bits per heavy atom. The van der Waals surface area contributed by atoms with Gasteiger partial charge in [0.2, 0.25) is 11.8 Å². The lowest BCUT2D eigenvalue weighted by atomic mass is 10.1. The lowest BCUT2D eigenvalue weighted by Gasteiger charge is -2.30. The normalized spacial score (nSPS) is 20.8. The van der Waals surface area contributed by atoms with Crippen LogP contribution < -0.4 is 15.5 Å². The topological polar surface area (TPSA) is 70.7 Å². The minimum atomic E-state index is -0.260. The summed E-state index contributed by atoms with van der Waals surface area (Å²) in [7, 11) is 0. The number of nitrogens with zero attached hydrogens (tertiary/aromatic N) is 1. The van der Waals surface area contributed by atoms with E-state index >= 15 is 0 Å². The Morgan fingerprint density at radius 2 is 1.69 bits per heavy atom. The SMILES string of the molecule is Cc1ccccc1CNC(=O)C1CC1C(=O)Nc1ccccc1N1CCOCC1. The number of hydrogen-bond acceptors (Lipinski definition) is 4. The number of morpholine rings is 1. The first-order valence-electron chi connectivity index (χ1n) is 10.2. The number of ether oxygens (including phenoxy) is 1. The molecule has 152 valence electrons. The van der Waals surface area contributed by atoms with Gasteiger partial charge in [-0.05, 0) is 36.6 Å². The van der Waals surface area contributed by atoms with Crippen LogP contribution in [0.3, 0.4) is 0 Å². The summed E-state index contributed by atoms with van der Waals surface area (Å²) in [6.45, 7) is 5.51. The van der Waals surface area contributed by atoms with Gasteiger partial charge >= 0.3 is 0 Å². The van der Waals surface area contributed by atoms with E-state index in [1.165, 1.54) is 0 Å². The first kappa shape index (κ1) is 19.5. The molecular formula is C23H27N3O3. The molecular weight excluding hydrogens is 366 g/mol. The molecule has 0 spiro atoms. The van der Waals surface area contributed by atoms with Crippen molar-refractivity contribution in [1.29, 1.82) is 0 Å². The highest BCUT2D eigenvalue weighted by Gasteiger charge is 2.48. The van der Waals surface area contributed by atoms with Crippen molar-refractivity contribution in [3.05, 3.63) is 59.7 Å². The zero-order valence-corrected chi connectivity index (χ0v) is 16.7. The molecule has 1 aliphatic carbocycles. The van der Waals surface area contributed by atoms with Crippen LogP contribution in [0.4, 0.5) is 11.4 Å². The minimum absolute atomic E-state index is 0.0464. The summed E-state index contributed by atoms with van der Waals surface area (Å²) in [5.74, 6) is -0.629. The maximum absolute atomic E-state index is 12.7. The minimum Gasteiger partial charge on any atom is -0.378 e. The van der Waals surface area contributed by atoms with Crippen molar-refractivity contribution in [3.63, 3.8) is 0 Å². The fraction of sp³-hybridized carbons (Fsp3) is 0.391. The third-order valence-electron chi connectivity index (χ3n) is 5.69. The quantitative estimate of drug-likeness (QED) is 0.792. The van der Waals surface area contributed by atoms with Crippen molar-refractivity contribution in [2.45, 2.75) is 19.9 Å². The predicted octanol–water partition coefficient (Wildman–Crippen LogP) is 2.72. The van der Waals surface area contributed by atoms with Crippen molar-refractivity contribution >= 4 is 23.2 Å². The van der Waals surface area contributed by atoms with Crippen LogP contribution in [0, 0.1) is 18.8 Å². The van der Waals surface area contributed by atoms with Crippen molar-refractivity contribution in [2.24, 2.45) is 11.8 Å². The van der Waals surface area contributed by atoms with Crippen molar-refractivity contribution in [3.8, 4) is 0 Å². The molecule has 2 amide bonds. The van der Waals surface area contributed by atoms with E-state index < -0.39 is 0 Å². The lowest BCUT2D eigenvalue weighted by molar-refractivity contribution is -0.125. The van der Waals surface area contributed by atoms with Gasteiger partial charge in [-0.25, -0.2) is 0 Å². The van der Waals surface area contributed by atoms with Crippen LogP contribution in [-0.4, -0.2) is 38.1 Å². The van der Waals surface area contributed by atoms with Crippen LogP contribution in [0.25, 0.3) is 0 Å². The standard InChI is InChI=1S/C23H27N3O3/c1-16-6-2-3-7-17(16)15-24-22(27)18-14-19(18)23(28)25-20-8-4-5-9-21(20)26-10-12-29-13-11-26/h2-9,18-19H,10-15H2,1H3,(H,24,27)(H,25,28). The van der Waals surface area contributed by atoms with Gasteiger partial charge in [-0.3, -0.25) is 9.59 Å². The molecule has 2 aliphatic rings. The van der Waals surface area contributed by atoms with E-state index in [-0.39, 0.29) is 23.7 Å². The number of nitrogens with one attached hydrogen (secondary N) is 2. The number of hydrogen-bond donors (Lipinski definition) is 2. The van der Waals surface area contributed by atoms with Crippen LogP contribution in [0.2, 0.25) is 0 Å². The van der Waals surface area contributed by atoms with E-state index in [0.29, 0.717) is 26.2 Å². The molecule has 4 rings (SSSR count). The third-order valence-corrected chi connectivity index (χ3v) is 5.69. The van der Waals surface area contributed by atoms with Crippen LogP contribution in [0.1, 0.15) is 17.5 Å². The van der Waals surface area contributed by atoms with Gasteiger partial charge in [-0.1, -0.05) is 36.4 Å². The van der Waals surface area contributed by atoms with E-state index in [0.717, 1.165) is 35.6 Å². The summed E-state index contributed by atoms with van der Waals surface area (Å²) >= 11 is 0. The highest BCUT2D eigenvalue weighted by molar-refractivity contribution is 6.01. The van der Waals surface area contributed by atoms with Gasteiger partial charge in [0, 0.05) is 19.6 Å². The molecule has 6 heteroatoms. The van der Waals surface area contributed by atoms with Crippen LogP contribution >= 0.6 is 0 Å². The number of carbonyl (C=O) groups excluding carboxylic acids is 2. The Bertz CT molecular complexity index is 892. The molecule has 1 heterocycles. The Kier molecular flexibility index (Phi) is 5.81. The zero-order valence-electron chi connectivity index (χ0n) is 16.7. The lowest BCUT2D eigenvalue weighted by Crippen LogP contribution is -2.36. The molecule has 29 heavy (non-hydrogen) atoms. The van der Waals surface area contributed by atoms with E-state index in [9.17, 15) is 9.59 Å². The van der Waals surface area contributed by atoms with Gasteiger partial charge in [0.25, 0.3) is 0 Å². The number of aryl methyl sites for hydroxylation is 1. The number of rotatable bonds is 6. The molecule has 1 saturated carbocycles. The highest BCUT2D eigenvalue weighted by Crippen LogP contribution is 2.40. The molecule has 0 aromatic heterocycles. The molecule has 2 aromatic rings. The molecule has 1 aliphatic heterocycles. The molecule has 0 bridgehead atoms. The zero-order chi connectivity index (χ0) is 20.2. The van der Waals surface area contributed by atoms with E-state index in [4.69, 9.17) is 4.74 Å². The second-order valence-corrected chi connectivity index (χ2v) is 7.70. The number of benzene rings is 2. The summed E-state index contributed by atoms with van der Waals surface area (Å²) in [4.78, 5) is 27.4.